The number of piperidine rings is 1. The molecule has 110 valence electrons. The van der Waals surface area contributed by atoms with Crippen LogP contribution in [-0.4, -0.2) is 36.5 Å². The van der Waals surface area contributed by atoms with Gasteiger partial charge in [-0.1, -0.05) is 25.5 Å². The van der Waals surface area contributed by atoms with E-state index in [0.717, 1.165) is 35.2 Å². The Morgan fingerprint density at radius 1 is 1.40 bits per heavy atom. The van der Waals surface area contributed by atoms with E-state index < -0.39 is 0 Å². The summed E-state index contributed by atoms with van der Waals surface area (Å²) in [5.74, 6) is 0.171. The zero-order chi connectivity index (χ0) is 14.4. The zero-order valence-electron chi connectivity index (χ0n) is 12.1. The monoisotopic (exact) mass is 386 g/mol. The Bertz CT molecular complexity index is 444. The quantitative estimate of drug-likeness (QED) is 0.788. The van der Waals surface area contributed by atoms with Crippen molar-refractivity contribution in [2.75, 3.05) is 19.6 Å². The second kappa shape index (κ2) is 7.98. The fourth-order valence-corrected chi connectivity index (χ4v) is 3.31. The van der Waals surface area contributed by atoms with E-state index in [1.807, 2.05) is 29.2 Å². The molecule has 2 rings (SSSR count). The first-order valence-electron chi connectivity index (χ1n) is 7.49. The number of nitrogens with zero attached hydrogens (tertiary/aromatic N) is 1. The molecule has 0 aromatic heterocycles. The molecule has 0 radical (unpaired) electrons. The van der Waals surface area contributed by atoms with Crippen molar-refractivity contribution in [1.29, 1.82) is 0 Å². The molecule has 1 heterocycles. The number of carbonyl (C=O) groups excluding carboxylic acids is 1. The van der Waals surface area contributed by atoms with Gasteiger partial charge in [0.15, 0.2) is 0 Å². The molecule has 1 aliphatic heterocycles. The van der Waals surface area contributed by atoms with E-state index in [1.165, 1.54) is 19.3 Å². The van der Waals surface area contributed by atoms with Crippen molar-refractivity contribution in [2.45, 2.75) is 38.6 Å². The molecular weight excluding hydrogens is 363 g/mol. The van der Waals surface area contributed by atoms with E-state index in [9.17, 15) is 4.79 Å². The van der Waals surface area contributed by atoms with Crippen LogP contribution in [0.25, 0.3) is 0 Å². The molecule has 20 heavy (non-hydrogen) atoms. The van der Waals surface area contributed by atoms with Gasteiger partial charge in [0, 0.05) is 22.7 Å². The van der Waals surface area contributed by atoms with Crippen LogP contribution >= 0.6 is 22.6 Å². The van der Waals surface area contributed by atoms with Crippen molar-refractivity contribution in [3.05, 3.63) is 33.4 Å². The average Bonchev–Trinajstić information content (AvgIpc) is 2.48. The van der Waals surface area contributed by atoms with Crippen LogP contribution in [0.15, 0.2) is 24.3 Å². The maximum absolute atomic E-state index is 12.7. The number of rotatable bonds is 5. The third kappa shape index (κ3) is 4.19. The lowest BCUT2D eigenvalue weighted by molar-refractivity contribution is 0.0730. The summed E-state index contributed by atoms with van der Waals surface area (Å²) in [5.41, 5.74) is 0.831. The maximum atomic E-state index is 12.7. The van der Waals surface area contributed by atoms with Crippen molar-refractivity contribution in [1.82, 2.24) is 10.2 Å². The number of amides is 1. The van der Waals surface area contributed by atoms with Crippen molar-refractivity contribution >= 4 is 28.5 Å². The summed E-state index contributed by atoms with van der Waals surface area (Å²) in [6.45, 7) is 4.88. The predicted molar refractivity (Wildman–Crippen MR) is 91.0 cm³/mol. The van der Waals surface area contributed by atoms with Crippen molar-refractivity contribution < 1.29 is 4.79 Å². The van der Waals surface area contributed by atoms with Gasteiger partial charge in [-0.05, 0) is 60.5 Å². The minimum atomic E-state index is 0.171. The van der Waals surface area contributed by atoms with Gasteiger partial charge in [-0.25, -0.2) is 0 Å². The number of halogens is 1. The lowest BCUT2D eigenvalue weighted by Crippen LogP contribution is -2.46. The number of hydrogen-bond donors (Lipinski definition) is 1. The van der Waals surface area contributed by atoms with Gasteiger partial charge in [-0.3, -0.25) is 4.79 Å². The third-order valence-corrected chi connectivity index (χ3v) is 4.68. The predicted octanol–water partition coefficient (Wildman–Crippen LogP) is 3.29. The Hall–Kier alpha value is -0.620. The summed E-state index contributed by atoms with van der Waals surface area (Å²) in [5, 5.41) is 3.53. The van der Waals surface area contributed by atoms with Gasteiger partial charge in [-0.15, -0.1) is 0 Å². The molecule has 1 N–H and O–H groups in total. The first-order valence-corrected chi connectivity index (χ1v) is 8.57. The molecule has 1 aromatic rings. The van der Waals surface area contributed by atoms with Gasteiger partial charge >= 0.3 is 0 Å². The van der Waals surface area contributed by atoms with Crippen LogP contribution < -0.4 is 5.32 Å². The molecule has 4 heteroatoms. The SMILES string of the molecule is CCCN(CC1CCCCN1)C(=O)c1ccccc1I. The molecule has 0 bridgehead atoms. The molecular formula is C16H23IN2O. The van der Waals surface area contributed by atoms with Crippen molar-refractivity contribution in [3.8, 4) is 0 Å². The molecule has 1 aliphatic rings. The summed E-state index contributed by atoms with van der Waals surface area (Å²) in [4.78, 5) is 14.7. The molecule has 1 amide bonds. The van der Waals surface area contributed by atoms with Gasteiger partial charge in [-0.2, -0.15) is 0 Å². The summed E-state index contributed by atoms with van der Waals surface area (Å²) < 4.78 is 1.04. The molecule has 0 saturated carbocycles. The molecule has 1 atom stereocenters. The summed E-state index contributed by atoms with van der Waals surface area (Å²) in [6.07, 6.45) is 4.71. The molecule has 0 aliphatic carbocycles. The lowest BCUT2D eigenvalue weighted by Gasteiger charge is -2.30. The highest BCUT2D eigenvalue weighted by atomic mass is 127. The topological polar surface area (TPSA) is 32.3 Å². The van der Waals surface area contributed by atoms with E-state index in [4.69, 9.17) is 0 Å². The van der Waals surface area contributed by atoms with Crippen molar-refractivity contribution in [2.24, 2.45) is 0 Å². The fraction of sp³-hybridized carbons (Fsp3) is 0.562. The summed E-state index contributed by atoms with van der Waals surface area (Å²) in [6, 6.07) is 8.31. The third-order valence-electron chi connectivity index (χ3n) is 3.74. The number of benzene rings is 1. The number of hydrogen-bond acceptors (Lipinski definition) is 2. The van der Waals surface area contributed by atoms with Gasteiger partial charge in [0.05, 0.1) is 5.56 Å². The van der Waals surface area contributed by atoms with Gasteiger partial charge in [0.2, 0.25) is 0 Å². The zero-order valence-corrected chi connectivity index (χ0v) is 14.2. The van der Waals surface area contributed by atoms with Crippen LogP contribution in [0, 0.1) is 3.57 Å². The van der Waals surface area contributed by atoms with Crippen LogP contribution in [0.4, 0.5) is 0 Å². The first-order chi connectivity index (χ1) is 9.72. The minimum Gasteiger partial charge on any atom is -0.337 e. The Balaban J connectivity index is 2.07. The van der Waals surface area contributed by atoms with Crippen LogP contribution in [0.5, 0.6) is 0 Å². The Morgan fingerprint density at radius 3 is 2.85 bits per heavy atom. The largest absolute Gasteiger partial charge is 0.337 e. The highest BCUT2D eigenvalue weighted by molar-refractivity contribution is 14.1. The number of nitrogens with one attached hydrogen (secondary N) is 1. The van der Waals surface area contributed by atoms with Crippen LogP contribution in [0.1, 0.15) is 43.0 Å². The van der Waals surface area contributed by atoms with E-state index in [0.29, 0.717) is 6.04 Å². The van der Waals surface area contributed by atoms with Crippen LogP contribution in [0.3, 0.4) is 0 Å². The average molecular weight is 386 g/mol. The standard InChI is InChI=1S/C16H23IN2O/c1-2-11-19(12-13-7-5-6-10-18-13)16(20)14-8-3-4-9-15(14)17/h3-4,8-9,13,18H,2,5-7,10-12H2,1H3. The molecule has 1 saturated heterocycles. The summed E-state index contributed by atoms with van der Waals surface area (Å²) in [7, 11) is 0. The van der Waals surface area contributed by atoms with Crippen LogP contribution in [-0.2, 0) is 0 Å². The minimum absolute atomic E-state index is 0.171. The van der Waals surface area contributed by atoms with Crippen LogP contribution in [0.2, 0.25) is 0 Å². The second-order valence-corrected chi connectivity index (χ2v) is 6.54. The maximum Gasteiger partial charge on any atom is 0.254 e. The fourth-order valence-electron chi connectivity index (χ4n) is 2.70. The smallest absolute Gasteiger partial charge is 0.254 e. The van der Waals surface area contributed by atoms with E-state index >= 15 is 0 Å². The second-order valence-electron chi connectivity index (χ2n) is 5.38. The van der Waals surface area contributed by atoms with Gasteiger partial charge in [0.25, 0.3) is 5.91 Å². The van der Waals surface area contributed by atoms with E-state index in [2.05, 4.69) is 34.8 Å². The Labute approximate surface area is 135 Å². The normalized spacial score (nSPS) is 18.8. The first kappa shape index (κ1) is 15.8. The highest BCUT2D eigenvalue weighted by Gasteiger charge is 2.22. The van der Waals surface area contributed by atoms with E-state index in [1.54, 1.807) is 0 Å². The molecule has 1 unspecified atom stereocenters. The highest BCUT2D eigenvalue weighted by Crippen LogP contribution is 2.16. The Kier molecular flexibility index (Phi) is 6.29. The van der Waals surface area contributed by atoms with E-state index in [-0.39, 0.29) is 5.91 Å². The molecule has 0 spiro atoms. The lowest BCUT2D eigenvalue weighted by atomic mass is 10.0. The number of carbonyl (C=O) groups is 1. The molecule has 1 fully saturated rings. The van der Waals surface area contributed by atoms with Gasteiger partial charge < -0.3 is 10.2 Å². The molecule has 3 nitrogen and oxygen atoms in total. The molecule has 1 aromatic carbocycles. The Morgan fingerprint density at radius 2 is 2.20 bits per heavy atom. The van der Waals surface area contributed by atoms with Crippen molar-refractivity contribution in [3.63, 3.8) is 0 Å². The summed E-state index contributed by atoms with van der Waals surface area (Å²) >= 11 is 2.25. The van der Waals surface area contributed by atoms with Gasteiger partial charge in [0.1, 0.15) is 0 Å².